The van der Waals surface area contributed by atoms with Crippen molar-refractivity contribution in [3.8, 4) is 0 Å². The van der Waals surface area contributed by atoms with Crippen molar-refractivity contribution in [2.24, 2.45) is 0 Å². The van der Waals surface area contributed by atoms with Crippen LogP contribution in [0.4, 0.5) is 0 Å². The standard InChI is InChI=1S/C26H34ClN3O/c1-29-15-17-30(18-16-29)24(19-21-7-3-2-4-8-21)20-28-25(31)26(13-5-6-14-26)22-9-11-23(27)12-10-22/h2-4,7-12,24H,5-6,13-20H2,1H3,(H,28,31). The lowest BCUT2D eigenvalue weighted by atomic mass is 9.78. The molecular weight excluding hydrogens is 406 g/mol. The molecule has 1 amide bonds. The van der Waals surface area contributed by atoms with Crippen LogP contribution in [0.3, 0.4) is 0 Å². The van der Waals surface area contributed by atoms with Gasteiger partial charge in [-0.2, -0.15) is 0 Å². The van der Waals surface area contributed by atoms with Crippen molar-refractivity contribution in [3.63, 3.8) is 0 Å². The first-order valence-corrected chi connectivity index (χ1v) is 12.0. The minimum absolute atomic E-state index is 0.180. The van der Waals surface area contributed by atoms with Crippen LogP contribution in [0.15, 0.2) is 54.6 Å². The zero-order valence-electron chi connectivity index (χ0n) is 18.5. The molecule has 4 nitrogen and oxygen atoms in total. The van der Waals surface area contributed by atoms with Crippen LogP contribution in [0.5, 0.6) is 0 Å². The van der Waals surface area contributed by atoms with Gasteiger partial charge in [-0.3, -0.25) is 9.69 Å². The largest absolute Gasteiger partial charge is 0.354 e. The monoisotopic (exact) mass is 439 g/mol. The summed E-state index contributed by atoms with van der Waals surface area (Å²) in [7, 11) is 2.18. The highest BCUT2D eigenvalue weighted by molar-refractivity contribution is 6.30. The molecule has 5 heteroatoms. The van der Waals surface area contributed by atoms with E-state index in [1.54, 1.807) is 0 Å². The fourth-order valence-corrected chi connectivity index (χ4v) is 5.30. The number of piperazine rings is 1. The average molecular weight is 440 g/mol. The molecule has 2 fully saturated rings. The number of hydrogen-bond donors (Lipinski definition) is 1. The molecule has 1 N–H and O–H groups in total. The van der Waals surface area contributed by atoms with E-state index in [9.17, 15) is 4.79 Å². The van der Waals surface area contributed by atoms with Gasteiger partial charge < -0.3 is 10.2 Å². The molecule has 0 aromatic heterocycles. The van der Waals surface area contributed by atoms with Crippen LogP contribution in [-0.4, -0.2) is 61.5 Å². The molecule has 1 heterocycles. The Labute approximate surface area is 191 Å². The summed E-state index contributed by atoms with van der Waals surface area (Å²) in [6.45, 7) is 4.94. The Morgan fingerprint density at radius 3 is 2.29 bits per heavy atom. The molecule has 0 radical (unpaired) electrons. The lowest BCUT2D eigenvalue weighted by Gasteiger charge is -2.39. The third-order valence-electron chi connectivity index (χ3n) is 7.16. The summed E-state index contributed by atoms with van der Waals surface area (Å²) >= 11 is 6.11. The Morgan fingerprint density at radius 2 is 1.65 bits per heavy atom. The van der Waals surface area contributed by atoms with E-state index in [-0.39, 0.29) is 5.91 Å². The lowest BCUT2D eigenvalue weighted by molar-refractivity contribution is -0.127. The minimum Gasteiger partial charge on any atom is -0.354 e. The second-order valence-electron chi connectivity index (χ2n) is 9.19. The van der Waals surface area contributed by atoms with Gasteiger partial charge in [-0.1, -0.05) is 66.9 Å². The van der Waals surface area contributed by atoms with Gasteiger partial charge in [-0.05, 0) is 49.6 Å². The van der Waals surface area contributed by atoms with Crippen molar-refractivity contribution in [3.05, 3.63) is 70.7 Å². The first-order chi connectivity index (χ1) is 15.1. The summed E-state index contributed by atoms with van der Waals surface area (Å²) in [5.41, 5.74) is 2.02. The highest BCUT2D eigenvalue weighted by atomic mass is 35.5. The molecule has 2 aliphatic rings. The molecule has 0 bridgehead atoms. The number of rotatable bonds is 7. The van der Waals surface area contributed by atoms with Gasteiger partial charge >= 0.3 is 0 Å². The first kappa shape index (κ1) is 22.3. The van der Waals surface area contributed by atoms with Crippen molar-refractivity contribution in [2.75, 3.05) is 39.8 Å². The molecule has 4 rings (SSSR count). The van der Waals surface area contributed by atoms with Crippen LogP contribution in [0.1, 0.15) is 36.8 Å². The molecule has 1 saturated heterocycles. The molecule has 0 spiro atoms. The Kier molecular flexibility index (Phi) is 7.31. The number of nitrogens with zero attached hydrogens (tertiary/aromatic N) is 2. The Bertz CT molecular complexity index is 841. The van der Waals surface area contributed by atoms with Crippen LogP contribution in [0.25, 0.3) is 0 Å². The number of nitrogens with one attached hydrogen (secondary N) is 1. The predicted molar refractivity (Wildman–Crippen MR) is 128 cm³/mol. The van der Waals surface area contributed by atoms with E-state index in [1.165, 1.54) is 5.56 Å². The molecule has 1 unspecified atom stereocenters. The van der Waals surface area contributed by atoms with E-state index in [0.717, 1.165) is 68.9 Å². The van der Waals surface area contributed by atoms with Crippen LogP contribution >= 0.6 is 11.6 Å². The Morgan fingerprint density at radius 1 is 1.00 bits per heavy atom. The maximum absolute atomic E-state index is 13.6. The van der Waals surface area contributed by atoms with Crippen molar-refractivity contribution in [1.29, 1.82) is 0 Å². The number of carbonyl (C=O) groups excluding carboxylic acids is 1. The highest BCUT2D eigenvalue weighted by Gasteiger charge is 2.42. The smallest absolute Gasteiger partial charge is 0.230 e. The fourth-order valence-electron chi connectivity index (χ4n) is 5.18. The van der Waals surface area contributed by atoms with Gasteiger partial charge in [0.25, 0.3) is 0 Å². The summed E-state index contributed by atoms with van der Waals surface area (Å²) in [6, 6.07) is 18.8. The predicted octanol–water partition coefficient (Wildman–Crippen LogP) is 4.13. The number of halogens is 1. The van der Waals surface area contributed by atoms with Gasteiger partial charge in [-0.25, -0.2) is 0 Å². The SMILES string of the molecule is CN1CCN(C(CNC(=O)C2(c3ccc(Cl)cc3)CCCC2)Cc2ccccc2)CC1. The van der Waals surface area contributed by atoms with E-state index in [4.69, 9.17) is 11.6 Å². The number of amides is 1. The highest BCUT2D eigenvalue weighted by Crippen LogP contribution is 2.41. The van der Waals surface area contributed by atoms with E-state index >= 15 is 0 Å². The Balaban J connectivity index is 1.48. The summed E-state index contributed by atoms with van der Waals surface area (Å²) in [5, 5.41) is 4.10. The third kappa shape index (κ3) is 5.31. The molecule has 1 aliphatic heterocycles. The van der Waals surface area contributed by atoms with Gasteiger partial charge in [0.15, 0.2) is 0 Å². The topological polar surface area (TPSA) is 35.6 Å². The molecule has 31 heavy (non-hydrogen) atoms. The number of carbonyl (C=O) groups is 1. The summed E-state index contributed by atoms with van der Waals surface area (Å²) in [6.07, 6.45) is 4.99. The second-order valence-corrected chi connectivity index (χ2v) is 9.63. The van der Waals surface area contributed by atoms with Gasteiger partial charge in [0.2, 0.25) is 5.91 Å². The molecule has 1 aliphatic carbocycles. The number of likely N-dealkylation sites (N-methyl/N-ethyl adjacent to an activating group) is 1. The number of hydrogen-bond acceptors (Lipinski definition) is 3. The van der Waals surface area contributed by atoms with Crippen molar-refractivity contribution >= 4 is 17.5 Å². The van der Waals surface area contributed by atoms with Crippen LogP contribution in [-0.2, 0) is 16.6 Å². The molecule has 1 atom stereocenters. The molecule has 2 aromatic rings. The average Bonchev–Trinajstić information content (AvgIpc) is 3.29. The van der Waals surface area contributed by atoms with Crippen LogP contribution in [0.2, 0.25) is 5.02 Å². The van der Waals surface area contributed by atoms with Crippen molar-refractivity contribution in [2.45, 2.75) is 43.6 Å². The van der Waals surface area contributed by atoms with Crippen LogP contribution in [0, 0.1) is 0 Å². The molecule has 1 saturated carbocycles. The summed E-state index contributed by atoms with van der Waals surface area (Å²) in [4.78, 5) is 18.5. The van der Waals surface area contributed by atoms with Crippen LogP contribution < -0.4 is 5.32 Å². The van der Waals surface area contributed by atoms with Crippen molar-refractivity contribution < 1.29 is 4.79 Å². The zero-order valence-corrected chi connectivity index (χ0v) is 19.3. The quantitative estimate of drug-likeness (QED) is 0.704. The normalized spacial score (nSPS) is 20.5. The Hall–Kier alpha value is -1.88. The van der Waals surface area contributed by atoms with Gasteiger partial charge in [0.1, 0.15) is 0 Å². The van der Waals surface area contributed by atoms with E-state index in [0.29, 0.717) is 12.6 Å². The van der Waals surface area contributed by atoms with Crippen molar-refractivity contribution in [1.82, 2.24) is 15.1 Å². The second kappa shape index (κ2) is 10.2. The summed E-state index contributed by atoms with van der Waals surface area (Å²) in [5.74, 6) is 0.180. The van der Waals surface area contributed by atoms with Gasteiger partial charge in [-0.15, -0.1) is 0 Å². The first-order valence-electron chi connectivity index (χ1n) is 11.6. The molecule has 2 aromatic carbocycles. The van der Waals surface area contributed by atoms with E-state index in [2.05, 4.69) is 52.5 Å². The van der Waals surface area contributed by atoms with Gasteiger partial charge in [0.05, 0.1) is 5.41 Å². The summed E-state index contributed by atoms with van der Waals surface area (Å²) < 4.78 is 0. The number of benzene rings is 2. The van der Waals surface area contributed by atoms with Gasteiger partial charge in [0, 0.05) is 43.8 Å². The maximum atomic E-state index is 13.6. The van der Waals surface area contributed by atoms with E-state index in [1.807, 2.05) is 24.3 Å². The lowest BCUT2D eigenvalue weighted by Crippen LogP contribution is -2.54. The molecular formula is C26H34ClN3O. The van der Waals surface area contributed by atoms with E-state index < -0.39 is 5.41 Å². The molecule has 166 valence electrons. The fraction of sp³-hybridized carbons (Fsp3) is 0.500. The minimum atomic E-state index is -0.413. The maximum Gasteiger partial charge on any atom is 0.230 e. The third-order valence-corrected chi connectivity index (χ3v) is 7.41. The zero-order chi connectivity index (χ0) is 21.7.